The van der Waals surface area contributed by atoms with Crippen LogP contribution in [0.2, 0.25) is 0 Å². The molecular formula is C18H19FN2O3. The molecule has 3 amide bonds. The van der Waals surface area contributed by atoms with Crippen molar-refractivity contribution in [3.8, 4) is 0 Å². The van der Waals surface area contributed by atoms with Crippen LogP contribution in [0.4, 0.5) is 4.39 Å². The van der Waals surface area contributed by atoms with Crippen LogP contribution >= 0.6 is 0 Å². The largest absolute Gasteiger partial charge is 0.348 e. The number of nitrogens with one attached hydrogen (secondary N) is 1. The highest BCUT2D eigenvalue weighted by molar-refractivity contribution is 6.07. The summed E-state index contributed by atoms with van der Waals surface area (Å²) in [4.78, 5) is 37.9. The summed E-state index contributed by atoms with van der Waals surface area (Å²) in [6.45, 7) is 1.50. The molecule has 0 saturated carbocycles. The van der Waals surface area contributed by atoms with Crippen molar-refractivity contribution >= 4 is 17.7 Å². The van der Waals surface area contributed by atoms with E-state index in [0.29, 0.717) is 12.8 Å². The standard InChI is InChI=1S/C18H19FN2O3/c1-11(12-6-8-13(19)9-7-12)20-16(22)10-21-17(23)14-4-2-3-5-15(14)18(21)24/h2-3,6-9,11,14-15H,4-5,10H2,1H3,(H,20,22). The summed E-state index contributed by atoms with van der Waals surface area (Å²) in [6, 6.07) is 5.49. The second kappa shape index (κ2) is 6.55. The van der Waals surface area contributed by atoms with Crippen molar-refractivity contribution in [2.24, 2.45) is 11.8 Å². The number of allylic oxidation sites excluding steroid dienone is 2. The zero-order chi connectivity index (χ0) is 17.3. The number of amides is 3. The molecule has 1 N–H and O–H groups in total. The van der Waals surface area contributed by atoms with Crippen LogP contribution in [0, 0.1) is 17.7 Å². The second-order valence-corrected chi connectivity index (χ2v) is 6.26. The molecule has 0 bridgehead atoms. The molecule has 24 heavy (non-hydrogen) atoms. The Bertz CT molecular complexity index is 673. The SMILES string of the molecule is CC(NC(=O)CN1C(=O)C2CC=CCC2C1=O)c1ccc(F)cc1. The number of halogens is 1. The van der Waals surface area contributed by atoms with Crippen molar-refractivity contribution in [2.75, 3.05) is 6.54 Å². The third-order valence-electron chi connectivity index (χ3n) is 4.65. The van der Waals surface area contributed by atoms with Crippen molar-refractivity contribution in [3.63, 3.8) is 0 Å². The lowest BCUT2D eigenvalue weighted by Gasteiger charge is -2.18. The monoisotopic (exact) mass is 330 g/mol. The van der Waals surface area contributed by atoms with Gasteiger partial charge in [-0.15, -0.1) is 0 Å². The molecule has 1 aromatic carbocycles. The van der Waals surface area contributed by atoms with Crippen molar-refractivity contribution in [3.05, 3.63) is 47.8 Å². The molecule has 2 aliphatic rings. The smallest absolute Gasteiger partial charge is 0.240 e. The van der Waals surface area contributed by atoms with Crippen molar-refractivity contribution in [1.82, 2.24) is 10.2 Å². The van der Waals surface area contributed by atoms with E-state index in [-0.39, 0.29) is 42.1 Å². The van der Waals surface area contributed by atoms with Gasteiger partial charge in [0.25, 0.3) is 0 Å². The van der Waals surface area contributed by atoms with E-state index in [2.05, 4.69) is 5.32 Å². The Morgan fingerprint density at radius 1 is 1.17 bits per heavy atom. The number of fused-ring (bicyclic) bond motifs is 1. The Labute approximate surface area is 139 Å². The average Bonchev–Trinajstić information content (AvgIpc) is 2.81. The second-order valence-electron chi connectivity index (χ2n) is 6.26. The minimum atomic E-state index is -0.403. The van der Waals surface area contributed by atoms with E-state index in [1.807, 2.05) is 12.2 Å². The van der Waals surface area contributed by atoms with Crippen molar-refractivity contribution < 1.29 is 18.8 Å². The number of hydrogen-bond donors (Lipinski definition) is 1. The first-order valence-corrected chi connectivity index (χ1v) is 8.02. The van der Waals surface area contributed by atoms with E-state index < -0.39 is 5.91 Å². The predicted octanol–water partition coefficient (Wildman–Crippen LogP) is 1.95. The first-order chi connectivity index (χ1) is 11.5. The molecule has 0 aromatic heterocycles. The van der Waals surface area contributed by atoms with Gasteiger partial charge in [0.2, 0.25) is 17.7 Å². The molecule has 3 atom stereocenters. The van der Waals surface area contributed by atoms with Gasteiger partial charge in [-0.3, -0.25) is 19.3 Å². The number of imide groups is 1. The van der Waals surface area contributed by atoms with Gasteiger partial charge in [-0.25, -0.2) is 4.39 Å². The van der Waals surface area contributed by atoms with Crippen LogP contribution in [0.25, 0.3) is 0 Å². The summed E-state index contributed by atoms with van der Waals surface area (Å²) in [7, 11) is 0. The zero-order valence-electron chi connectivity index (χ0n) is 13.4. The fourth-order valence-electron chi connectivity index (χ4n) is 3.29. The van der Waals surface area contributed by atoms with Crippen LogP contribution in [0.5, 0.6) is 0 Å². The van der Waals surface area contributed by atoms with E-state index in [1.54, 1.807) is 19.1 Å². The van der Waals surface area contributed by atoms with Crippen LogP contribution in [0.15, 0.2) is 36.4 Å². The maximum Gasteiger partial charge on any atom is 0.240 e. The summed E-state index contributed by atoms with van der Waals surface area (Å²) < 4.78 is 12.9. The molecule has 3 unspecified atom stereocenters. The molecule has 3 rings (SSSR count). The zero-order valence-corrected chi connectivity index (χ0v) is 13.4. The van der Waals surface area contributed by atoms with Crippen molar-refractivity contribution in [1.29, 1.82) is 0 Å². The van der Waals surface area contributed by atoms with Gasteiger partial charge < -0.3 is 5.32 Å². The number of carbonyl (C=O) groups is 3. The Morgan fingerprint density at radius 2 is 1.71 bits per heavy atom. The molecule has 5 nitrogen and oxygen atoms in total. The highest BCUT2D eigenvalue weighted by Gasteiger charge is 2.47. The van der Waals surface area contributed by atoms with Gasteiger partial charge in [0.05, 0.1) is 17.9 Å². The van der Waals surface area contributed by atoms with E-state index in [9.17, 15) is 18.8 Å². The number of hydrogen-bond acceptors (Lipinski definition) is 3. The molecule has 1 aliphatic carbocycles. The molecule has 0 radical (unpaired) electrons. The molecule has 1 aromatic rings. The van der Waals surface area contributed by atoms with Gasteiger partial charge in [-0.1, -0.05) is 24.3 Å². The summed E-state index contributed by atoms with van der Waals surface area (Å²) in [5.41, 5.74) is 0.752. The van der Waals surface area contributed by atoms with Crippen LogP contribution in [0.1, 0.15) is 31.4 Å². The van der Waals surface area contributed by atoms with Crippen LogP contribution in [-0.2, 0) is 14.4 Å². The van der Waals surface area contributed by atoms with Crippen LogP contribution in [-0.4, -0.2) is 29.2 Å². The minimum Gasteiger partial charge on any atom is -0.348 e. The number of likely N-dealkylation sites (tertiary alicyclic amines) is 1. The molecule has 1 saturated heterocycles. The van der Waals surface area contributed by atoms with Crippen molar-refractivity contribution in [2.45, 2.75) is 25.8 Å². The fourth-order valence-corrected chi connectivity index (χ4v) is 3.29. The number of benzene rings is 1. The first kappa shape index (κ1) is 16.4. The third kappa shape index (κ3) is 3.09. The topological polar surface area (TPSA) is 66.5 Å². The number of carbonyl (C=O) groups excluding carboxylic acids is 3. The number of rotatable bonds is 4. The van der Waals surface area contributed by atoms with Crippen LogP contribution in [0.3, 0.4) is 0 Å². The predicted molar refractivity (Wildman–Crippen MR) is 85.0 cm³/mol. The summed E-state index contributed by atoms with van der Waals surface area (Å²) in [6.07, 6.45) is 4.93. The lowest BCUT2D eigenvalue weighted by atomic mass is 9.85. The lowest BCUT2D eigenvalue weighted by Crippen LogP contribution is -2.41. The van der Waals surface area contributed by atoms with Gasteiger partial charge in [0, 0.05) is 0 Å². The fraction of sp³-hybridized carbons (Fsp3) is 0.389. The highest BCUT2D eigenvalue weighted by Crippen LogP contribution is 2.34. The van der Waals surface area contributed by atoms with Crippen LogP contribution < -0.4 is 5.32 Å². The summed E-state index contributed by atoms with van der Waals surface area (Å²) in [5, 5.41) is 2.74. The minimum absolute atomic E-state index is 0.265. The first-order valence-electron chi connectivity index (χ1n) is 8.02. The maximum atomic E-state index is 12.9. The van der Waals surface area contributed by atoms with E-state index in [4.69, 9.17) is 0 Å². The molecule has 0 spiro atoms. The number of nitrogens with zero attached hydrogens (tertiary/aromatic N) is 1. The average molecular weight is 330 g/mol. The third-order valence-corrected chi connectivity index (χ3v) is 4.65. The Morgan fingerprint density at radius 3 is 2.25 bits per heavy atom. The van der Waals surface area contributed by atoms with E-state index in [0.717, 1.165) is 10.5 Å². The Kier molecular flexibility index (Phi) is 4.46. The van der Waals surface area contributed by atoms with Gasteiger partial charge in [0.1, 0.15) is 12.4 Å². The molecule has 1 aliphatic heterocycles. The summed E-state index contributed by atoms with van der Waals surface area (Å²) >= 11 is 0. The van der Waals surface area contributed by atoms with Gasteiger partial charge in [-0.2, -0.15) is 0 Å². The molecule has 6 heteroatoms. The van der Waals surface area contributed by atoms with Gasteiger partial charge >= 0.3 is 0 Å². The molecule has 1 heterocycles. The molecule has 1 fully saturated rings. The van der Waals surface area contributed by atoms with Gasteiger partial charge in [-0.05, 0) is 37.5 Å². The van der Waals surface area contributed by atoms with Gasteiger partial charge in [0.15, 0.2) is 0 Å². The quantitative estimate of drug-likeness (QED) is 0.678. The van der Waals surface area contributed by atoms with E-state index >= 15 is 0 Å². The maximum absolute atomic E-state index is 12.9. The lowest BCUT2D eigenvalue weighted by molar-refractivity contribution is -0.143. The molecular weight excluding hydrogens is 311 g/mol. The Hall–Kier alpha value is -2.50. The highest BCUT2D eigenvalue weighted by atomic mass is 19.1. The summed E-state index contributed by atoms with van der Waals surface area (Å²) in [5.74, 6) is -1.94. The van der Waals surface area contributed by atoms with E-state index in [1.165, 1.54) is 12.1 Å². The Balaban J connectivity index is 1.61. The molecule has 126 valence electrons. The normalized spacial score (nSPS) is 24.0.